The highest BCUT2D eigenvalue weighted by Gasteiger charge is 2.21. The maximum absolute atomic E-state index is 11.7. The van der Waals surface area contributed by atoms with Crippen LogP contribution < -0.4 is 4.90 Å². The number of aryl methyl sites for hydroxylation is 1. The standard InChI is InChI=1S/C15H20N6O/c1-3-15(22)20-8-6-19(7-9-20)13-10-14(18-12(2)17-13)21-5-4-16-11-21/h4-5,10-11H,3,6-9H2,1-2H3. The Labute approximate surface area is 129 Å². The number of carbonyl (C=O) groups excluding carboxylic acids is 1. The Bertz CT molecular complexity index is 646. The second kappa shape index (κ2) is 6.13. The fraction of sp³-hybridized carbons (Fsp3) is 0.467. The van der Waals surface area contributed by atoms with Gasteiger partial charge in [-0.25, -0.2) is 15.0 Å². The molecule has 1 amide bonds. The van der Waals surface area contributed by atoms with Crippen molar-refractivity contribution in [2.24, 2.45) is 0 Å². The van der Waals surface area contributed by atoms with Crippen LogP contribution in [0.3, 0.4) is 0 Å². The molecule has 2 aromatic heterocycles. The molecule has 0 aliphatic carbocycles. The summed E-state index contributed by atoms with van der Waals surface area (Å²) in [7, 11) is 0. The summed E-state index contributed by atoms with van der Waals surface area (Å²) in [6.07, 6.45) is 5.89. The number of hydrogen-bond donors (Lipinski definition) is 0. The molecule has 0 bridgehead atoms. The third-order valence-corrected chi connectivity index (χ3v) is 3.84. The van der Waals surface area contributed by atoms with Crippen molar-refractivity contribution in [2.45, 2.75) is 20.3 Å². The third-order valence-electron chi connectivity index (χ3n) is 3.84. The first-order valence-corrected chi connectivity index (χ1v) is 7.54. The number of hydrogen-bond acceptors (Lipinski definition) is 5. The van der Waals surface area contributed by atoms with E-state index in [1.807, 2.05) is 35.6 Å². The molecule has 0 saturated carbocycles. The van der Waals surface area contributed by atoms with Crippen LogP contribution in [0.1, 0.15) is 19.2 Å². The molecule has 3 rings (SSSR count). The van der Waals surface area contributed by atoms with E-state index in [0.717, 1.165) is 43.6 Å². The van der Waals surface area contributed by atoms with E-state index in [4.69, 9.17) is 0 Å². The second-order valence-electron chi connectivity index (χ2n) is 5.32. The zero-order valence-electron chi connectivity index (χ0n) is 12.9. The van der Waals surface area contributed by atoms with E-state index >= 15 is 0 Å². The molecule has 7 nitrogen and oxygen atoms in total. The van der Waals surface area contributed by atoms with Gasteiger partial charge in [0.05, 0.1) is 0 Å². The molecule has 3 heterocycles. The highest BCUT2D eigenvalue weighted by atomic mass is 16.2. The van der Waals surface area contributed by atoms with E-state index in [1.54, 1.807) is 12.5 Å². The lowest BCUT2D eigenvalue weighted by molar-refractivity contribution is -0.131. The SMILES string of the molecule is CCC(=O)N1CCN(c2cc(-n3ccnc3)nc(C)n2)CC1. The second-order valence-corrected chi connectivity index (χ2v) is 5.32. The highest BCUT2D eigenvalue weighted by Crippen LogP contribution is 2.17. The molecule has 0 aromatic carbocycles. The van der Waals surface area contributed by atoms with Gasteiger partial charge in [0.2, 0.25) is 5.91 Å². The van der Waals surface area contributed by atoms with Gasteiger partial charge in [-0.1, -0.05) is 6.92 Å². The van der Waals surface area contributed by atoms with Crippen LogP contribution in [0.5, 0.6) is 0 Å². The number of nitrogens with zero attached hydrogens (tertiary/aromatic N) is 6. The summed E-state index contributed by atoms with van der Waals surface area (Å²) in [6, 6.07) is 1.96. The van der Waals surface area contributed by atoms with Crippen LogP contribution in [-0.2, 0) is 4.79 Å². The normalized spacial score (nSPS) is 15.2. The molecular formula is C15H20N6O. The number of piperazine rings is 1. The fourth-order valence-electron chi connectivity index (χ4n) is 2.63. The van der Waals surface area contributed by atoms with Gasteiger partial charge >= 0.3 is 0 Å². The number of carbonyl (C=O) groups is 1. The molecule has 0 N–H and O–H groups in total. The smallest absolute Gasteiger partial charge is 0.222 e. The summed E-state index contributed by atoms with van der Waals surface area (Å²) in [4.78, 5) is 28.9. The Kier molecular flexibility index (Phi) is 4.04. The van der Waals surface area contributed by atoms with Crippen LogP contribution in [0.15, 0.2) is 24.8 Å². The van der Waals surface area contributed by atoms with Crippen LogP contribution >= 0.6 is 0 Å². The minimum atomic E-state index is 0.220. The summed E-state index contributed by atoms with van der Waals surface area (Å²) in [5, 5.41) is 0. The van der Waals surface area contributed by atoms with Crippen molar-refractivity contribution in [3.63, 3.8) is 0 Å². The Hall–Kier alpha value is -2.44. The van der Waals surface area contributed by atoms with Gasteiger partial charge in [0.15, 0.2) is 0 Å². The van der Waals surface area contributed by atoms with Crippen LogP contribution in [0, 0.1) is 6.92 Å². The predicted octanol–water partition coefficient (Wildman–Crippen LogP) is 1.03. The van der Waals surface area contributed by atoms with E-state index in [0.29, 0.717) is 6.42 Å². The molecule has 1 fully saturated rings. The van der Waals surface area contributed by atoms with Crippen LogP contribution in [-0.4, -0.2) is 56.5 Å². The first-order valence-electron chi connectivity index (χ1n) is 7.54. The first kappa shape index (κ1) is 14.5. The van der Waals surface area contributed by atoms with Gasteiger partial charge in [0, 0.05) is 51.1 Å². The molecule has 0 unspecified atom stereocenters. The maximum atomic E-state index is 11.7. The molecule has 2 aromatic rings. The van der Waals surface area contributed by atoms with E-state index < -0.39 is 0 Å². The summed E-state index contributed by atoms with van der Waals surface area (Å²) in [5.74, 6) is 2.66. The van der Waals surface area contributed by atoms with Crippen LogP contribution in [0.2, 0.25) is 0 Å². The van der Waals surface area contributed by atoms with Crippen molar-refractivity contribution in [2.75, 3.05) is 31.1 Å². The van der Waals surface area contributed by atoms with Crippen molar-refractivity contribution in [3.8, 4) is 5.82 Å². The zero-order valence-corrected chi connectivity index (χ0v) is 12.9. The third kappa shape index (κ3) is 2.93. The van der Waals surface area contributed by atoms with Crippen LogP contribution in [0.25, 0.3) is 5.82 Å². The Morgan fingerprint density at radius 1 is 1.18 bits per heavy atom. The molecule has 1 aliphatic rings. The summed E-state index contributed by atoms with van der Waals surface area (Å²) >= 11 is 0. The van der Waals surface area contributed by atoms with Crippen molar-refractivity contribution >= 4 is 11.7 Å². The summed E-state index contributed by atoms with van der Waals surface area (Å²) in [6.45, 7) is 6.88. The lowest BCUT2D eigenvalue weighted by atomic mass is 10.3. The number of amides is 1. The molecule has 0 radical (unpaired) electrons. The van der Waals surface area contributed by atoms with Crippen molar-refractivity contribution in [1.29, 1.82) is 0 Å². The zero-order chi connectivity index (χ0) is 15.5. The average molecular weight is 300 g/mol. The molecule has 1 saturated heterocycles. The number of imidazole rings is 1. The average Bonchev–Trinajstić information content (AvgIpc) is 3.08. The molecule has 7 heteroatoms. The van der Waals surface area contributed by atoms with Gasteiger partial charge in [-0.3, -0.25) is 9.36 Å². The lowest BCUT2D eigenvalue weighted by Crippen LogP contribution is -2.49. The quantitative estimate of drug-likeness (QED) is 0.847. The largest absolute Gasteiger partial charge is 0.353 e. The van der Waals surface area contributed by atoms with Gasteiger partial charge in [-0.2, -0.15) is 0 Å². The van der Waals surface area contributed by atoms with Gasteiger partial charge in [-0.05, 0) is 6.92 Å². The lowest BCUT2D eigenvalue weighted by Gasteiger charge is -2.35. The first-order chi connectivity index (χ1) is 10.7. The Morgan fingerprint density at radius 3 is 2.55 bits per heavy atom. The minimum Gasteiger partial charge on any atom is -0.353 e. The summed E-state index contributed by atoms with van der Waals surface area (Å²) < 4.78 is 1.87. The highest BCUT2D eigenvalue weighted by molar-refractivity contribution is 5.76. The van der Waals surface area contributed by atoms with Crippen molar-refractivity contribution < 1.29 is 4.79 Å². The van der Waals surface area contributed by atoms with Crippen LogP contribution in [0.4, 0.5) is 5.82 Å². The monoisotopic (exact) mass is 300 g/mol. The van der Waals surface area contributed by atoms with Crippen molar-refractivity contribution in [3.05, 3.63) is 30.6 Å². The van der Waals surface area contributed by atoms with Gasteiger partial charge in [0.1, 0.15) is 23.8 Å². The van der Waals surface area contributed by atoms with E-state index in [1.165, 1.54) is 0 Å². The fourth-order valence-corrected chi connectivity index (χ4v) is 2.63. The van der Waals surface area contributed by atoms with E-state index in [2.05, 4.69) is 19.9 Å². The number of anilines is 1. The van der Waals surface area contributed by atoms with E-state index in [-0.39, 0.29) is 5.91 Å². The Balaban J connectivity index is 1.77. The maximum Gasteiger partial charge on any atom is 0.222 e. The van der Waals surface area contributed by atoms with Gasteiger partial charge < -0.3 is 9.80 Å². The molecular weight excluding hydrogens is 280 g/mol. The molecule has 0 spiro atoms. The van der Waals surface area contributed by atoms with Gasteiger partial charge in [-0.15, -0.1) is 0 Å². The molecule has 116 valence electrons. The van der Waals surface area contributed by atoms with Gasteiger partial charge in [0.25, 0.3) is 0 Å². The molecule has 22 heavy (non-hydrogen) atoms. The minimum absolute atomic E-state index is 0.220. The number of rotatable bonds is 3. The van der Waals surface area contributed by atoms with Crippen molar-refractivity contribution in [1.82, 2.24) is 24.4 Å². The molecule has 1 aliphatic heterocycles. The Morgan fingerprint density at radius 2 is 1.91 bits per heavy atom. The van der Waals surface area contributed by atoms with E-state index in [9.17, 15) is 4.79 Å². The molecule has 0 atom stereocenters. The topological polar surface area (TPSA) is 67.2 Å². The predicted molar refractivity (Wildman–Crippen MR) is 83.0 cm³/mol. The number of aromatic nitrogens is 4. The summed E-state index contributed by atoms with van der Waals surface area (Å²) in [5.41, 5.74) is 0.